The molecule has 3 N–H and O–H groups in total. The number of hydrogen-bond acceptors (Lipinski definition) is 2. The number of nitrogens with one attached hydrogen (secondary N) is 1. The van der Waals surface area contributed by atoms with Gasteiger partial charge in [-0.3, -0.25) is 0 Å². The van der Waals surface area contributed by atoms with Gasteiger partial charge in [0.1, 0.15) is 0 Å². The van der Waals surface area contributed by atoms with Crippen molar-refractivity contribution in [1.82, 2.24) is 5.32 Å². The third-order valence-corrected chi connectivity index (χ3v) is 3.36. The molecule has 0 aromatic rings. The molecule has 2 nitrogen and oxygen atoms in total. The van der Waals surface area contributed by atoms with E-state index in [4.69, 9.17) is 5.73 Å². The lowest BCUT2D eigenvalue weighted by Gasteiger charge is -2.19. The first-order chi connectivity index (χ1) is 7.72. The first-order valence-corrected chi connectivity index (χ1v) is 7.13. The van der Waals surface area contributed by atoms with E-state index in [1.54, 1.807) is 0 Å². The normalized spacial score (nSPS) is 13.3. The third kappa shape index (κ3) is 9.17. The predicted molar refractivity (Wildman–Crippen MR) is 73.6 cm³/mol. The number of hydrogen-bond donors (Lipinski definition) is 2. The van der Waals surface area contributed by atoms with Crippen LogP contribution in [0.5, 0.6) is 0 Å². The van der Waals surface area contributed by atoms with Gasteiger partial charge in [-0.25, -0.2) is 0 Å². The van der Waals surface area contributed by atoms with E-state index in [1.165, 1.54) is 38.5 Å². The molecule has 0 radical (unpaired) electrons. The molecule has 0 aromatic heterocycles. The van der Waals surface area contributed by atoms with Crippen LogP contribution in [0.3, 0.4) is 0 Å². The van der Waals surface area contributed by atoms with E-state index in [-0.39, 0.29) is 0 Å². The average molecular weight is 228 g/mol. The van der Waals surface area contributed by atoms with Gasteiger partial charge < -0.3 is 11.1 Å². The second kappa shape index (κ2) is 11.4. The Bertz CT molecular complexity index is 135. The summed E-state index contributed by atoms with van der Waals surface area (Å²) in [6.45, 7) is 9.83. The molecule has 0 spiro atoms. The Labute approximate surface area is 102 Å². The fraction of sp³-hybridized carbons (Fsp3) is 1.00. The number of nitrogens with two attached hydrogens (primary N) is 1. The van der Waals surface area contributed by atoms with Crippen LogP contribution in [-0.4, -0.2) is 19.6 Å². The van der Waals surface area contributed by atoms with E-state index in [0.29, 0.717) is 11.8 Å². The van der Waals surface area contributed by atoms with Crippen LogP contribution >= 0.6 is 0 Å². The average Bonchev–Trinajstić information content (AvgIpc) is 2.26. The van der Waals surface area contributed by atoms with Crippen molar-refractivity contribution < 1.29 is 0 Å². The van der Waals surface area contributed by atoms with E-state index < -0.39 is 0 Å². The van der Waals surface area contributed by atoms with Crippen molar-refractivity contribution in [3.63, 3.8) is 0 Å². The largest absolute Gasteiger partial charge is 0.330 e. The Morgan fingerprint density at radius 2 is 1.62 bits per heavy atom. The van der Waals surface area contributed by atoms with Gasteiger partial charge in [-0.1, -0.05) is 52.9 Å². The summed E-state index contributed by atoms with van der Waals surface area (Å²) in [5, 5.41) is 3.53. The topological polar surface area (TPSA) is 38.0 Å². The first kappa shape index (κ1) is 15.9. The van der Waals surface area contributed by atoms with E-state index in [0.717, 1.165) is 19.6 Å². The minimum absolute atomic E-state index is 0.639. The molecule has 98 valence electrons. The molecule has 1 unspecified atom stereocenters. The molecule has 0 heterocycles. The summed E-state index contributed by atoms with van der Waals surface area (Å²) >= 11 is 0. The highest BCUT2D eigenvalue weighted by molar-refractivity contribution is 4.66. The third-order valence-electron chi connectivity index (χ3n) is 3.36. The Morgan fingerprint density at radius 1 is 1.00 bits per heavy atom. The lowest BCUT2D eigenvalue weighted by Crippen LogP contribution is -2.32. The molecule has 0 aliphatic carbocycles. The Morgan fingerprint density at radius 3 is 2.19 bits per heavy atom. The minimum Gasteiger partial charge on any atom is -0.330 e. The predicted octanol–water partition coefficient (Wildman–Crippen LogP) is 3.17. The maximum Gasteiger partial charge on any atom is -0.000600 e. The number of rotatable bonds is 11. The van der Waals surface area contributed by atoms with Crippen LogP contribution < -0.4 is 11.1 Å². The molecule has 2 heteroatoms. The Hall–Kier alpha value is -0.0800. The molecule has 0 amide bonds. The zero-order chi connectivity index (χ0) is 12.2. The molecule has 0 rings (SSSR count). The van der Waals surface area contributed by atoms with Crippen LogP contribution in [0.1, 0.15) is 59.3 Å². The summed E-state index contributed by atoms with van der Waals surface area (Å²) in [6.07, 6.45) is 8.25. The first-order valence-electron chi connectivity index (χ1n) is 7.13. The molecule has 0 fully saturated rings. The summed E-state index contributed by atoms with van der Waals surface area (Å²) in [5.74, 6) is 1.34. The highest BCUT2D eigenvalue weighted by Crippen LogP contribution is 2.08. The van der Waals surface area contributed by atoms with Crippen LogP contribution in [-0.2, 0) is 0 Å². The summed E-state index contributed by atoms with van der Waals surface area (Å²) in [4.78, 5) is 0. The Balaban J connectivity index is 3.19. The van der Waals surface area contributed by atoms with Gasteiger partial charge in [-0.15, -0.1) is 0 Å². The van der Waals surface area contributed by atoms with E-state index in [9.17, 15) is 0 Å². The molecular formula is C14H32N2. The van der Waals surface area contributed by atoms with Crippen molar-refractivity contribution in [2.75, 3.05) is 19.6 Å². The molecule has 0 bridgehead atoms. The summed E-state index contributed by atoms with van der Waals surface area (Å²) < 4.78 is 0. The smallest absolute Gasteiger partial charge is 0.000600 e. The monoisotopic (exact) mass is 228 g/mol. The van der Waals surface area contributed by atoms with Crippen molar-refractivity contribution in [3.8, 4) is 0 Å². The zero-order valence-electron chi connectivity index (χ0n) is 11.6. The fourth-order valence-corrected chi connectivity index (χ4v) is 1.91. The molecule has 1 atom stereocenters. The van der Waals surface area contributed by atoms with E-state index in [2.05, 4.69) is 26.1 Å². The van der Waals surface area contributed by atoms with Gasteiger partial charge in [0.15, 0.2) is 0 Å². The number of unbranched alkanes of at least 4 members (excludes halogenated alkanes) is 5. The van der Waals surface area contributed by atoms with E-state index in [1.807, 2.05) is 0 Å². The van der Waals surface area contributed by atoms with Crippen LogP contribution in [0.4, 0.5) is 0 Å². The summed E-state index contributed by atoms with van der Waals surface area (Å²) in [7, 11) is 0. The molecule has 0 saturated carbocycles. The molecule has 0 aliphatic heterocycles. The zero-order valence-corrected chi connectivity index (χ0v) is 11.6. The van der Waals surface area contributed by atoms with Crippen LogP contribution in [0.15, 0.2) is 0 Å². The fourth-order valence-electron chi connectivity index (χ4n) is 1.91. The lowest BCUT2D eigenvalue weighted by atomic mass is 9.96. The second-order valence-corrected chi connectivity index (χ2v) is 5.21. The Kier molecular flexibility index (Phi) is 11.3. The van der Waals surface area contributed by atoms with Gasteiger partial charge in [-0.05, 0) is 37.9 Å². The van der Waals surface area contributed by atoms with Crippen molar-refractivity contribution in [2.45, 2.75) is 59.3 Å². The maximum absolute atomic E-state index is 5.73. The minimum atomic E-state index is 0.639. The van der Waals surface area contributed by atoms with Crippen molar-refractivity contribution in [3.05, 3.63) is 0 Å². The lowest BCUT2D eigenvalue weighted by molar-refractivity contribution is 0.369. The van der Waals surface area contributed by atoms with Gasteiger partial charge in [0, 0.05) is 0 Å². The van der Waals surface area contributed by atoms with Gasteiger partial charge in [-0.2, -0.15) is 0 Å². The van der Waals surface area contributed by atoms with Crippen LogP contribution in [0.25, 0.3) is 0 Å². The molecular weight excluding hydrogens is 196 g/mol. The maximum atomic E-state index is 5.73. The molecule has 0 aliphatic rings. The van der Waals surface area contributed by atoms with Gasteiger partial charge in [0.2, 0.25) is 0 Å². The standard InChI is InChI=1S/C14H32N2/c1-4-5-6-7-8-9-10-16-12-14(11-15)13(2)3/h13-14,16H,4-12,15H2,1-3H3. The highest BCUT2D eigenvalue weighted by Gasteiger charge is 2.09. The SMILES string of the molecule is CCCCCCCCNCC(CN)C(C)C. The molecule has 0 saturated heterocycles. The second-order valence-electron chi connectivity index (χ2n) is 5.21. The van der Waals surface area contributed by atoms with Gasteiger partial charge >= 0.3 is 0 Å². The highest BCUT2D eigenvalue weighted by atomic mass is 14.9. The van der Waals surface area contributed by atoms with Crippen molar-refractivity contribution >= 4 is 0 Å². The van der Waals surface area contributed by atoms with Crippen LogP contribution in [0, 0.1) is 11.8 Å². The quantitative estimate of drug-likeness (QED) is 0.533. The molecule has 16 heavy (non-hydrogen) atoms. The van der Waals surface area contributed by atoms with Gasteiger partial charge in [0.25, 0.3) is 0 Å². The van der Waals surface area contributed by atoms with E-state index >= 15 is 0 Å². The van der Waals surface area contributed by atoms with Gasteiger partial charge in [0.05, 0.1) is 0 Å². The summed E-state index contributed by atoms with van der Waals surface area (Å²) in [5.41, 5.74) is 5.73. The van der Waals surface area contributed by atoms with Crippen LogP contribution in [0.2, 0.25) is 0 Å². The van der Waals surface area contributed by atoms with Crippen molar-refractivity contribution in [2.24, 2.45) is 17.6 Å². The summed E-state index contributed by atoms with van der Waals surface area (Å²) in [6, 6.07) is 0. The molecule has 0 aromatic carbocycles. The van der Waals surface area contributed by atoms with Crippen molar-refractivity contribution in [1.29, 1.82) is 0 Å².